The fourth-order valence-electron chi connectivity index (χ4n) is 1.52. The number of carbonyl (C=O) groups excluding carboxylic acids is 1. The Balaban J connectivity index is 1.97. The number of hydrogen-bond donors (Lipinski definition) is 1. The Morgan fingerprint density at radius 2 is 1.95 bits per heavy atom. The Bertz CT molecular complexity index is 580. The van der Waals surface area contributed by atoms with E-state index in [0.29, 0.717) is 6.54 Å². The molecule has 1 amide bonds. The minimum atomic E-state index is -4.45. The van der Waals surface area contributed by atoms with Crippen LogP contribution in [0.25, 0.3) is 0 Å². The summed E-state index contributed by atoms with van der Waals surface area (Å²) in [5.74, 6) is -0.901. The van der Waals surface area contributed by atoms with Crippen LogP contribution < -0.4 is 5.32 Å². The zero-order valence-electron chi connectivity index (χ0n) is 10.3. The van der Waals surface area contributed by atoms with Crippen molar-refractivity contribution in [1.82, 2.24) is 20.3 Å². The van der Waals surface area contributed by atoms with E-state index in [9.17, 15) is 18.0 Å². The van der Waals surface area contributed by atoms with E-state index >= 15 is 0 Å². The zero-order chi connectivity index (χ0) is 14.6. The average molecular weight is 284 g/mol. The molecule has 0 bridgehead atoms. The van der Waals surface area contributed by atoms with Crippen molar-refractivity contribution in [2.45, 2.75) is 12.7 Å². The highest BCUT2D eigenvalue weighted by molar-refractivity contribution is 5.91. The van der Waals surface area contributed by atoms with Crippen LogP contribution in [0.15, 0.2) is 36.5 Å². The van der Waals surface area contributed by atoms with Gasteiger partial charge >= 0.3 is 6.18 Å². The number of amides is 1. The van der Waals surface area contributed by atoms with Gasteiger partial charge in [0.25, 0.3) is 5.91 Å². The smallest absolute Gasteiger partial charge is 0.341 e. The van der Waals surface area contributed by atoms with E-state index in [0.717, 1.165) is 5.56 Å². The topological polar surface area (TPSA) is 59.8 Å². The minimum Gasteiger partial charge on any atom is -0.341 e. The average Bonchev–Trinajstić information content (AvgIpc) is 2.85. The molecule has 0 saturated carbocycles. The van der Waals surface area contributed by atoms with Crippen LogP contribution in [0.1, 0.15) is 16.1 Å². The van der Waals surface area contributed by atoms with E-state index in [-0.39, 0.29) is 5.69 Å². The number of nitrogens with zero attached hydrogens (tertiary/aromatic N) is 3. The third-order valence-corrected chi connectivity index (χ3v) is 2.41. The molecule has 0 aliphatic rings. The van der Waals surface area contributed by atoms with Crippen LogP contribution in [0.4, 0.5) is 13.2 Å². The van der Waals surface area contributed by atoms with E-state index in [1.165, 1.54) is 10.9 Å². The quantitative estimate of drug-likeness (QED) is 0.928. The highest BCUT2D eigenvalue weighted by Gasteiger charge is 2.28. The zero-order valence-corrected chi connectivity index (χ0v) is 10.3. The summed E-state index contributed by atoms with van der Waals surface area (Å²) in [6.45, 7) is -1.00. The molecule has 1 N–H and O–H groups in total. The van der Waals surface area contributed by atoms with Crippen LogP contribution >= 0.6 is 0 Å². The molecule has 0 radical (unpaired) electrons. The Morgan fingerprint density at radius 1 is 1.25 bits per heavy atom. The first-order valence-electron chi connectivity index (χ1n) is 5.73. The highest BCUT2D eigenvalue weighted by atomic mass is 19.4. The normalized spacial score (nSPS) is 11.3. The summed E-state index contributed by atoms with van der Waals surface area (Å²) < 4.78 is 37.3. The molecule has 0 unspecified atom stereocenters. The summed E-state index contributed by atoms with van der Waals surface area (Å²) in [5.41, 5.74) is 0.796. The van der Waals surface area contributed by atoms with Crippen molar-refractivity contribution in [3.05, 3.63) is 47.8 Å². The van der Waals surface area contributed by atoms with Crippen LogP contribution in [0.3, 0.4) is 0 Å². The number of alkyl halides is 3. The number of hydrogen-bond acceptors (Lipinski definition) is 3. The first kappa shape index (κ1) is 14.0. The van der Waals surface area contributed by atoms with Crippen molar-refractivity contribution in [3.8, 4) is 0 Å². The van der Waals surface area contributed by atoms with Crippen molar-refractivity contribution in [2.75, 3.05) is 6.54 Å². The highest BCUT2D eigenvalue weighted by Crippen LogP contribution is 2.12. The number of nitrogens with one attached hydrogen (secondary N) is 1. The Morgan fingerprint density at radius 3 is 2.60 bits per heavy atom. The summed E-state index contributed by atoms with van der Waals surface area (Å²) >= 11 is 0. The lowest BCUT2D eigenvalue weighted by Gasteiger charge is -2.06. The lowest BCUT2D eigenvalue weighted by Crippen LogP contribution is -2.33. The van der Waals surface area contributed by atoms with Gasteiger partial charge in [0, 0.05) is 0 Å². The maximum atomic E-state index is 12.0. The molecule has 0 spiro atoms. The van der Waals surface area contributed by atoms with E-state index in [1.54, 1.807) is 5.32 Å². The molecule has 20 heavy (non-hydrogen) atoms. The molecule has 2 rings (SSSR count). The molecule has 1 heterocycles. The molecule has 8 heteroatoms. The van der Waals surface area contributed by atoms with Gasteiger partial charge in [-0.05, 0) is 5.56 Å². The van der Waals surface area contributed by atoms with Gasteiger partial charge in [-0.1, -0.05) is 35.5 Å². The van der Waals surface area contributed by atoms with Gasteiger partial charge < -0.3 is 5.32 Å². The number of benzene rings is 1. The van der Waals surface area contributed by atoms with E-state index < -0.39 is 18.6 Å². The summed E-state index contributed by atoms with van der Waals surface area (Å²) in [4.78, 5) is 11.4. The third kappa shape index (κ3) is 4.08. The Hall–Kier alpha value is -2.38. The van der Waals surface area contributed by atoms with Crippen LogP contribution in [0.5, 0.6) is 0 Å². The molecule has 0 aliphatic carbocycles. The van der Waals surface area contributed by atoms with Gasteiger partial charge in [0.05, 0.1) is 12.7 Å². The monoisotopic (exact) mass is 284 g/mol. The van der Waals surface area contributed by atoms with Crippen LogP contribution in [-0.4, -0.2) is 33.6 Å². The first-order valence-corrected chi connectivity index (χ1v) is 5.73. The predicted molar refractivity (Wildman–Crippen MR) is 64.0 cm³/mol. The predicted octanol–water partition coefficient (Wildman–Crippen LogP) is 1.62. The second-order valence-electron chi connectivity index (χ2n) is 4.08. The number of carbonyl (C=O) groups is 1. The van der Waals surface area contributed by atoms with Crippen molar-refractivity contribution in [1.29, 1.82) is 0 Å². The molecule has 5 nitrogen and oxygen atoms in total. The van der Waals surface area contributed by atoms with E-state index in [4.69, 9.17) is 0 Å². The molecule has 0 fully saturated rings. The summed E-state index contributed by atoms with van der Waals surface area (Å²) in [6.07, 6.45) is -3.14. The van der Waals surface area contributed by atoms with Crippen molar-refractivity contribution >= 4 is 5.91 Å². The lowest BCUT2D eigenvalue weighted by molar-refractivity contribution is -0.123. The summed E-state index contributed by atoms with van der Waals surface area (Å²) in [6, 6.07) is 9.30. The van der Waals surface area contributed by atoms with Gasteiger partial charge in [-0.25, -0.2) is 4.68 Å². The second-order valence-corrected chi connectivity index (χ2v) is 4.08. The molecule has 1 aromatic carbocycles. The molecule has 0 aliphatic heterocycles. The van der Waals surface area contributed by atoms with Gasteiger partial charge in [-0.2, -0.15) is 13.2 Å². The molecule has 0 atom stereocenters. The van der Waals surface area contributed by atoms with E-state index in [1.807, 2.05) is 30.3 Å². The molecule has 106 valence electrons. The molecule has 2 aromatic rings. The van der Waals surface area contributed by atoms with Gasteiger partial charge in [-0.3, -0.25) is 4.79 Å². The number of rotatable bonds is 4. The van der Waals surface area contributed by atoms with Gasteiger partial charge in [0.1, 0.15) is 6.54 Å². The maximum absolute atomic E-state index is 12.0. The fourth-order valence-corrected chi connectivity index (χ4v) is 1.52. The Kier molecular flexibility index (Phi) is 4.02. The largest absolute Gasteiger partial charge is 0.405 e. The van der Waals surface area contributed by atoms with Gasteiger partial charge in [0.15, 0.2) is 5.69 Å². The van der Waals surface area contributed by atoms with Crippen LogP contribution in [0, 0.1) is 0 Å². The van der Waals surface area contributed by atoms with Crippen molar-refractivity contribution < 1.29 is 18.0 Å². The van der Waals surface area contributed by atoms with Gasteiger partial charge in [0.2, 0.25) is 0 Å². The standard InChI is InChI=1S/C12H11F3N4O/c13-12(14,15)8-16-11(20)10-7-19(18-17-10)6-9-4-2-1-3-5-9/h1-5,7H,6,8H2,(H,16,20). The molecule has 1 aromatic heterocycles. The summed E-state index contributed by atoms with van der Waals surface area (Å²) in [7, 11) is 0. The lowest BCUT2D eigenvalue weighted by atomic mass is 10.2. The van der Waals surface area contributed by atoms with Crippen molar-refractivity contribution in [2.24, 2.45) is 0 Å². The maximum Gasteiger partial charge on any atom is 0.405 e. The van der Waals surface area contributed by atoms with Gasteiger partial charge in [-0.15, -0.1) is 5.10 Å². The van der Waals surface area contributed by atoms with Crippen LogP contribution in [-0.2, 0) is 6.54 Å². The SMILES string of the molecule is O=C(NCC(F)(F)F)c1cn(Cc2ccccc2)nn1. The first-order chi connectivity index (χ1) is 9.44. The Labute approximate surface area is 112 Å². The van der Waals surface area contributed by atoms with Crippen LogP contribution in [0.2, 0.25) is 0 Å². The van der Waals surface area contributed by atoms with Crippen molar-refractivity contribution in [3.63, 3.8) is 0 Å². The third-order valence-electron chi connectivity index (χ3n) is 2.41. The molecular weight excluding hydrogens is 273 g/mol. The molecule has 0 saturated heterocycles. The number of halogens is 3. The van der Waals surface area contributed by atoms with E-state index in [2.05, 4.69) is 10.3 Å². The number of aromatic nitrogens is 3. The fraction of sp³-hybridized carbons (Fsp3) is 0.250. The summed E-state index contributed by atoms with van der Waals surface area (Å²) in [5, 5.41) is 8.98. The molecular formula is C12H11F3N4O. The second kappa shape index (κ2) is 5.72. The minimum absolute atomic E-state index is 0.148.